The van der Waals surface area contributed by atoms with Gasteiger partial charge in [-0.2, -0.15) is 0 Å². The van der Waals surface area contributed by atoms with Crippen LogP contribution in [-0.4, -0.2) is 49.2 Å². The molecule has 33 heavy (non-hydrogen) atoms. The lowest BCUT2D eigenvalue weighted by Crippen LogP contribution is -2.10. The molecule has 170 valence electrons. The first kappa shape index (κ1) is 23.0. The predicted octanol–water partition coefficient (Wildman–Crippen LogP) is 2.91. The normalized spacial score (nSPS) is 10.2. The molecular formula is C22H21N5O6. The Kier molecular flexibility index (Phi) is 7.03. The van der Waals surface area contributed by atoms with Crippen LogP contribution in [0.15, 0.2) is 48.8 Å². The fraction of sp³-hybridized carbons (Fsp3) is 0.136. The van der Waals surface area contributed by atoms with Crippen molar-refractivity contribution in [2.75, 3.05) is 37.7 Å². The van der Waals surface area contributed by atoms with Gasteiger partial charge in [-0.1, -0.05) is 12.1 Å². The molecule has 11 nitrogen and oxygen atoms in total. The molecule has 3 aromatic rings. The molecule has 0 aliphatic carbocycles. The van der Waals surface area contributed by atoms with E-state index >= 15 is 0 Å². The van der Waals surface area contributed by atoms with E-state index in [1.807, 2.05) is 0 Å². The van der Waals surface area contributed by atoms with Crippen molar-refractivity contribution in [1.29, 1.82) is 0 Å². The number of nitrogens with zero attached hydrogens (tertiary/aromatic N) is 2. The average Bonchev–Trinajstić information content (AvgIpc) is 2.85. The summed E-state index contributed by atoms with van der Waals surface area (Å²) in [7, 11) is 3.74. The molecule has 1 heterocycles. The quantitative estimate of drug-likeness (QED) is 0.359. The van der Waals surface area contributed by atoms with Crippen molar-refractivity contribution in [2.45, 2.75) is 0 Å². The van der Waals surface area contributed by atoms with Crippen LogP contribution in [0.1, 0.15) is 31.1 Å². The van der Waals surface area contributed by atoms with Gasteiger partial charge in [-0.3, -0.25) is 0 Å². The third-order valence-corrected chi connectivity index (χ3v) is 4.51. The highest BCUT2D eigenvalue weighted by atomic mass is 16.5. The third-order valence-electron chi connectivity index (χ3n) is 4.51. The van der Waals surface area contributed by atoms with Gasteiger partial charge in [0.15, 0.2) is 11.6 Å². The van der Waals surface area contributed by atoms with E-state index in [0.29, 0.717) is 16.9 Å². The first-order valence-electron chi connectivity index (χ1n) is 9.51. The molecule has 0 aliphatic rings. The van der Waals surface area contributed by atoms with Crippen molar-refractivity contribution in [2.24, 2.45) is 0 Å². The lowest BCUT2D eigenvalue weighted by Gasteiger charge is -2.15. The lowest BCUT2D eigenvalue weighted by atomic mass is 10.1. The molecule has 0 aliphatic heterocycles. The summed E-state index contributed by atoms with van der Waals surface area (Å²) in [4.78, 5) is 44.3. The van der Waals surface area contributed by atoms with Gasteiger partial charge in [0.2, 0.25) is 0 Å². The van der Waals surface area contributed by atoms with Gasteiger partial charge in [0.05, 0.1) is 43.7 Å². The molecule has 0 saturated carbocycles. The summed E-state index contributed by atoms with van der Waals surface area (Å²) >= 11 is 0. The number of carbonyl (C=O) groups excluding carboxylic acids is 3. The number of rotatable bonds is 7. The number of ether oxygens (including phenoxy) is 3. The number of carbonyl (C=O) groups is 3. The Hall–Kier alpha value is -4.67. The minimum atomic E-state index is -0.638. The molecule has 0 fully saturated rings. The number of para-hydroxylation sites is 1. The number of hydrogen-bond acceptors (Lipinski definition) is 11. The fourth-order valence-corrected chi connectivity index (χ4v) is 2.91. The van der Waals surface area contributed by atoms with Crippen LogP contribution in [0, 0.1) is 0 Å². The molecule has 0 spiro atoms. The summed E-state index contributed by atoms with van der Waals surface area (Å²) in [6, 6.07) is 11.0. The Morgan fingerprint density at radius 1 is 0.788 bits per heavy atom. The Morgan fingerprint density at radius 3 is 1.91 bits per heavy atom. The average molecular weight is 451 g/mol. The largest absolute Gasteiger partial charge is 0.465 e. The summed E-state index contributed by atoms with van der Waals surface area (Å²) in [6.07, 6.45) is 1.26. The highest BCUT2D eigenvalue weighted by Crippen LogP contribution is 2.30. The van der Waals surface area contributed by atoms with Crippen molar-refractivity contribution < 1.29 is 28.6 Å². The molecular weight excluding hydrogens is 430 g/mol. The maximum atomic E-state index is 12.0. The second-order valence-electron chi connectivity index (χ2n) is 6.55. The van der Waals surface area contributed by atoms with Crippen LogP contribution in [0.2, 0.25) is 0 Å². The number of hydrogen-bond donors (Lipinski definition) is 3. The molecule has 1 aromatic heterocycles. The number of nitrogens with two attached hydrogens (primary N) is 1. The second kappa shape index (κ2) is 10.1. The summed E-state index contributed by atoms with van der Waals surface area (Å²) in [5.74, 6) is -1.39. The maximum Gasteiger partial charge on any atom is 0.339 e. The Balaban J connectivity index is 1.96. The predicted molar refractivity (Wildman–Crippen MR) is 120 cm³/mol. The molecule has 0 radical (unpaired) electrons. The van der Waals surface area contributed by atoms with Crippen molar-refractivity contribution in [3.8, 4) is 0 Å². The highest BCUT2D eigenvalue weighted by Gasteiger charge is 2.17. The van der Waals surface area contributed by atoms with Crippen molar-refractivity contribution in [3.63, 3.8) is 0 Å². The molecule has 3 rings (SSSR count). The van der Waals surface area contributed by atoms with Crippen LogP contribution < -0.4 is 16.4 Å². The van der Waals surface area contributed by atoms with E-state index in [1.54, 1.807) is 24.3 Å². The minimum Gasteiger partial charge on any atom is -0.465 e. The zero-order valence-corrected chi connectivity index (χ0v) is 18.0. The number of nitrogens with one attached hydrogen (secondary N) is 2. The van der Waals surface area contributed by atoms with E-state index in [2.05, 4.69) is 20.6 Å². The first-order valence-corrected chi connectivity index (χ1v) is 9.51. The highest BCUT2D eigenvalue weighted by molar-refractivity contribution is 5.98. The van der Waals surface area contributed by atoms with Crippen LogP contribution in [0.5, 0.6) is 0 Å². The van der Waals surface area contributed by atoms with E-state index in [0.717, 1.165) is 0 Å². The molecule has 0 bridgehead atoms. The summed E-state index contributed by atoms with van der Waals surface area (Å²) in [5.41, 5.74) is 7.68. The number of benzene rings is 2. The molecule has 0 amide bonds. The maximum absolute atomic E-state index is 12.0. The van der Waals surface area contributed by atoms with Gasteiger partial charge in [0, 0.05) is 5.69 Å². The minimum absolute atomic E-state index is 0.125. The van der Waals surface area contributed by atoms with Gasteiger partial charge >= 0.3 is 17.9 Å². The molecule has 11 heteroatoms. The zero-order valence-electron chi connectivity index (χ0n) is 18.0. The summed E-state index contributed by atoms with van der Waals surface area (Å²) in [6.45, 7) is 0. The van der Waals surface area contributed by atoms with Gasteiger partial charge < -0.3 is 30.6 Å². The first-order chi connectivity index (χ1) is 15.9. The molecule has 0 unspecified atom stereocenters. The van der Waals surface area contributed by atoms with Crippen molar-refractivity contribution in [3.05, 3.63) is 65.5 Å². The summed E-state index contributed by atoms with van der Waals surface area (Å²) in [5, 5.41) is 5.96. The van der Waals surface area contributed by atoms with Crippen LogP contribution in [0.3, 0.4) is 0 Å². The van der Waals surface area contributed by atoms with Crippen LogP contribution >= 0.6 is 0 Å². The van der Waals surface area contributed by atoms with E-state index in [1.165, 1.54) is 45.9 Å². The zero-order chi connectivity index (χ0) is 24.0. The number of nitrogen functional groups attached to an aromatic ring is 1. The van der Waals surface area contributed by atoms with E-state index in [-0.39, 0.29) is 28.5 Å². The van der Waals surface area contributed by atoms with Crippen molar-refractivity contribution >= 4 is 46.6 Å². The topological polar surface area (TPSA) is 155 Å². The molecule has 2 aromatic carbocycles. The lowest BCUT2D eigenvalue weighted by molar-refractivity contribution is 0.0588. The fourth-order valence-electron chi connectivity index (χ4n) is 2.91. The molecule has 4 N–H and O–H groups in total. The van der Waals surface area contributed by atoms with Gasteiger partial charge in [-0.15, -0.1) is 0 Å². The monoisotopic (exact) mass is 451 g/mol. The van der Waals surface area contributed by atoms with E-state index in [9.17, 15) is 14.4 Å². The molecule has 0 saturated heterocycles. The van der Waals surface area contributed by atoms with Crippen molar-refractivity contribution in [1.82, 2.24) is 9.97 Å². The smallest absolute Gasteiger partial charge is 0.339 e. The number of esters is 3. The Bertz CT molecular complexity index is 1180. The molecule has 0 atom stereocenters. The van der Waals surface area contributed by atoms with Gasteiger partial charge in [0.25, 0.3) is 0 Å². The number of anilines is 5. The van der Waals surface area contributed by atoms with Crippen LogP contribution in [0.4, 0.5) is 28.7 Å². The SMILES string of the molecule is COC(=O)c1cc(Nc2ncnc(Nc3ccccc3C(=O)OC)c2N)cc(C(=O)OC)c1. The van der Waals surface area contributed by atoms with E-state index < -0.39 is 17.9 Å². The summed E-state index contributed by atoms with van der Waals surface area (Å²) < 4.78 is 14.3. The third kappa shape index (κ3) is 5.15. The number of aromatic nitrogens is 2. The van der Waals surface area contributed by atoms with Gasteiger partial charge in [-0.25, -0.2) is 24.4 Å². The second-order valence-corrected chi connectivity index (χ2v) is 6.55. The van der Waals surface area contributed by atoms with Crippen LogP contribution in [-0.2, 0) is 14.2 Å². The van der Waals surface area contributed by atoms with Gasteiger partial charge in [0.1, 0.15) is 12.0 Å². The van der Waals surface area contributed by atoms with E-state index in [4.69, 9.17) is 19.9 Å². The number of methoxy groups -OCH3 is 3. The van der Waals surface area contributed by atoms with Gasteiger partial charge in [-0.05, 0) is 30.3 Å². The standard InChI is InChI=1S/C22H21N5O6/c1-31-20(28)12-8-13(21(29)32-2)10-14(9-12)26-18-17(23)19(25-11-24-18)27-16-7-5-4-6-15(16)22(30)33-3/h4-11H,23H2,1-3H3,(H2,24,25,26,27). The Labute approximate surface area is 188 Å². The Morgan fingerprint density at radius 2 is 1.33 bits per heavy atom. The van der Waals surface area contributed by atoms with Crippen LogP contribution in [0.25, 0.3) is 0 Å².